The van der Waals surface area contributed by atoms with Crippen molar-refractivity contribution >= 4 is 16.9 Å². The molecule has 0 aliphatic heterocycles. The van der Waals surface area contributed by atoms with Crippen molar-refractivity contribution in [1.82, 2.24) is 0 Å². The molecule has 4 aromatic carbocycles. The summed E-state index contributed by atoms with van der Waals surface area (Å²) >= 11 is 0. The lowest BCUT2D eigenvalue weighted by Gasteiger charge is -2.29. The highest BCUT2D eigenvalue weighted by Crippen LogP contribution is 2.32. The van der Waals surface area contributed by atoms with E-state index in [9.17, 15) is 9.18 Å². The van der Waals surface area contributed by atoms with E-state index in [1.54, 1.807) is 38.3 Å². The van der Waals surface area contributed by atoms with Gasteiger partial charge in [0, 0.05) is 7.11 Å². The number of hydrogen-bond acceptors (Lipinski definition) is 3. The summed E-state index contributed by atoms with van der Waals surface area (Å²) in [5.74, 6) is -0.813. The summed E-state index contributed by atoms with van der Waals surface area (Å²) in [6, 6.07) is 34.1. The molecular weight excluding hydrogens is 447 g/mol. The Morgan fingerprint density at radius 3 is 1.76 bits per heavy atom. The molecule has 0 amide bonds. The number of hydrogen-bond donors (Lipinski definition) is 0. The van der Waals surface area contributed by atoms with Crippen molar-refractivity contribution < 1.29 is 18.7 Å². The maximum absolute atomic E-state index is 13.4. The van der Waals surface area contributed by atoms with Gasteiger partial charge in [0.15, 0.2) is 20.3 Å². The van der Waals surface area contributed by atoms with Gasteiger partial charge in [-0.2, -0.15) is 0 Å². The van der Waals surface area contributed by atoms with Crippen molar-refractivity contribution in [1.29, 1.82) is 0 Å². The predicted molar refractivity (Wildman–Crippen MR) is 133 cm³/mol. The van der Waals surface area contributed by atoms with Gasteiger partial charge in [-0.05, 0) is 73.2 Å². The number of methoxy groups -OCH3 is 1. The molecule has 0 bridgehead atoms. The second-order valence-corrected chi connectivity index (χ2v) is 10.0. The zero-order valence-corrected chi connectivity index (χ0v) is 19.9. The molecule has 0 aliphatic carbocycles. The van der Waals surface area contributed by atoms with E-state index in [0.29, 0.717) is 11.1 Å². The fraction of sp³-hybridized carbons (Fsp3) is 0.138. The minimum atomic E-state index is -1.05. The SMILES string of the molecule is COCC(C)(OC(=O)c1ccc([S+](c2ccccc2)c2ccccc2)cc1)c1ccc(F)cc1. The monoisotopic (exact) mass is 473 g/mol. The standard InChI is InChI=1S/C29H26FO3S/c1-29(21-32-2,23-15-17-24(30)18-16-23)33-28(31)22-13-19-27(20-14-22)34(25-9-5-3-6-10-25)26-11-7-4-8-12-26/h3-20H,21H2,1-2H3/q+1. The molecule has 0 aromatic heterocycles. The van der Waals surface area contributed by atoms with Crippen LogP contribution in [-0.2, 0) is 26.0 Å². The Balaban J connectivity index is 1.60. The second kappa shape index (κ2) is 10.7. The third-order valence-corrected chi connectivity index (χ3v) is 7.71. The fourth-order valence-electron chi connectivity index (χ4n) is 3.76. The molecule has 0 radical (unpaired) electrons. The Morgan fingerprint density at radius 2 is 1.26 bits per heavy atom. The zero-order chi connectivity index (χ0) is 24.0. The highest BCUT2D eigenvalue weighted by molar-refractivity contribution is 7.97. The van der Waals surface area contributed by atoms with Gasteiger partial charge < -0.3 is 9.47 Å². The van der Waals surface area contributed by atoms with Gasteiger partial charge >= 0.3 is 5.97 Å². The summed E-state index contributed by atoms with van der Waals surface area (Å²) in [7, 11) is 1.24. The topological polar surface area (TPSA) is 35.5 Å². The Kier molecular flexibility index (Phi) is 7.46. The lowest BCUT2D eigenvalue weighted by molar-refractivity contribution is -0.0505. The fourth-order valence-corrected chi connectivity index (χ4v) is 5.84. The third kappa shape index (κ3) is 5.38. The molecule has 0 saturated heterocycles. The Labute approximate surface area is 202 Å². The molecule has 3 nitrogen and oxygen atoms in total. The van der Waals surface area contributed by atoms with Gasteiger partial charge in [0.05, 0.1) is 23.1 Å². The second-order valence-electron chi connectivity index (χ2n) is 8.02. The van der Waals surface area contributed by atoms with E-state index < -0.39 is 11.6 Å². The predicted octanol–water partition coefficient (Wildman–Crippen LogP) is 6.64. The van der Waals surface area contributed by atoms with E-state index in [-0.39, 0.29) is 23.3 Å². The van der Waals surface area contributed by atoms with Gasteiger partial charge in [-0.3, -0.25) is 0 Å². The highest BCUT2D eigenvalue weighted by Gasteiger charge is 2.33. The molecule has 1 unspecified atom stereocenters. The number of halogens is 1. The van der Waals surface area contributed by atoms with Gasteiger partial charge in [0.2, 0.25) is 0 Å². The zero-order valence-electron chi connectivity index (χ0n) is 19.1. The normalized spacial score (nSPS) is 12.8. The molecule has 0 fully saturated rings. The van der Waals surface area contributed by atoms with Crippen LogP contribution in [0, 0.1) is 5.82 Å². The van der Waals surface area contributed by atoms with Crippen LogP contribution in [0.3, 0.4) is 0 Å². The van der Waals surface area contributed by atoms with Crippen LogP contribution in [0.1, 0.15) is 22.8 Å². The minimum absolute atomic E-state index is 0.147. The summed E-state index contributed by atoms with van der Waals surface area (Å²) in [6.07, 6.45) is 0. The summed E-state index contributed by atoms with van der Waals surface area (Å²) in [6.45, 7) is 1.91. The molecule has 0 saturated carbocycles. The summed E-state index contributed by atoms with van der Waals surface area (Å²) in [4.78, 5) is 16.6. The summed E-state index contributed by atoms with van der Waals surface area (Å²) in [5.41, 5.74) is 0.0598. The number of rotatable bonds is 8. The lowest BCUT2D eigenvalue weighted by Crippen LogP contribution is -2.34. The first-order valence-corrected chi connectivity index (χ1v) is 12.2. The molecular formula is C29H26FO3S+. The largest absolute Gasteiger partial charge is 0.448 e. The van der Waals surface area contributed by atoms with Crippen molar-refractivity contribution in [2.24, 2.45) is 0 Å². The molecule has 5 heteroatoms. The van der Waals surface area contributed by atoms with Crippen LogP contribution in [0.5, 0.6) is 0 Å². The van der Waals surface area contributed by atoms with E-state index in [1.807, 2.05) is 48.5 Å². The first kappa shape index (κ1) is 23.7. The van der Waals surface area contributed by atoms with Crippen molar-refractivity contribution in [3.05, 3.63) is 126 Å². The van der Waals surface area contributed by atoms with Crippen molar-refractivity contribution in [2.75, 3.05) is 13.7 Å². The highest BCUT2D eigenvalue weighted by atomic mass is 32.2. The van der Waals surface area contributed by atoms with Crippen LogP contribution < -0.4 is 0 Å². The number of ether oxygens (including phenoxy) is 2. The molecule has 0 spiro atoms. The molecule has 0 heterocycles. The first-order chi connectivity index (χ1) is 16.5. The molecule has 4 rings (SSSR count). The Morgan fingerprint density at radius 1 is 0.765 bits per heavy atom. The molecule has 34 heavy (non-hydrogen) atoms. The van der Waals surface area contributed by atoms with Gasteiger partial charge in [0.1, 0.15) is 5.82 Å². The van der Waals surface area contributed by atoms with Crippen LogP contribution >= 0.6 is 0 Å². The van der Waals surface area contributed by atoms with E-state index in [2.05, 4.69) is 24.3 Å². The molecule has 0 N–H and O–H groups in total. The van der Waals surface area contributed by atoms with Crippen LogP contribution in [0.4, 0.5) is 4.39 Å². The minimum Gasteiger partial charge on any atom is -0.448 e. The van der Waals surface area contributed by atoms with E-state index in [0.717, 1.165) is 4.90 Å². The quantitative estimate of drug-likeness (QED) is 0.213. The van der Waals surface area contributed by atoms with Crippen molar-refractivity contribution in [3.8, 4) is 0 Å². The van der Waals surface area contributed by atoms with E-state index >= 15 is 0 Å². The van der Waals surface area contributed by atoms with Gasteiger partial charge in [-0.1, -0.05) is 48.5 Å². The third-order valence-electron chi connectivity index (χ3n) is 5.48. The Bertz CT molecular complexity index is 1170. The molecule has 4 aromatic rings. The number of esters is 1. The first-order valence-electron chi connectivity index (χ1n) is 10.9. The molecule has 172 valence electrons. The van der Waals surface area contributed by atoms with Crippen LogP contribution in [0.15, 0.2) is 124 Å². The van der Waals surface area contributed by atoms with E-state index in [4.69, 9.17) is 9.47 Å². The molecule has 1 atom stereocenters. The smallest absolute Gasteiger partial charge is 0.339 e. The average Bonchev–Trinajstić information content (AvgIpc) is 2.86. The summed E-state index contributed by atoms with van der Waals surface area (Å²) in [5, 5.41) is 0. The van der Waals surface area contributed by atoms with Crippen molar-refractivity contribution in [2.45, 2.75) is 27.2 Å². The maximum atomic E-state index is 13.4. The van der Waals surface area contributed by atoms with Gasteiger partial charge in [0.25, 0.3) is 0 Å². The van der Waals surface area contributed by atoms with Crippen LogP contribution in [0.2, 0.25) is 0 Å². The van der Waals surface area contributed by atoms with E-state index in [1.165, 1.54) is 21.9 Å². The number of carbonyl (C=O) groups excluding carboxylic acids is 1. The number of benzene rings is 4. The maximum Gasteiger partial charge on any atom is 0.339 e. The Hall–Kier alpha value is -3.41. The summed E-state index contributed by atoms with van der Waals surface area (Å²) < 4.78 is 24.6. The average molecular weight is 474 g/mol. The van der Waals surface area contributed by atoms with Gasteiger partial charge in [-0.25, -0.2) is 9.18 Å². The molecule has 0 aliphatic rings. The number of carbonyl (C=O) groups is 1. The van der Waals surface area contributed by atoms with Gasteiger partial charge in [-0.15, -0.1) is 0 Å². The van der Waals surface area contributed by atoms with Crippen LogP contribution in [0.25, 0.3) is 0 Å². The lowest BCUT2D eigenvalue weighted by atomic mass is 9.96. The van der Waals surface area contributed by atoms with Crippen molar-refractivity contribution in [3.63, 3.8) is 0 Å². The van der Waals surface area contributed by atoms with Crippen LogP contribution in [-0.4, -0.2) is 19.7 Å².